The molecule has 3 rings (SSSR count). The van der Waals surface area contributed by atoms with E-state index < -0.39 is 11.4 Å². The summed E-state index contributed by atoms with van der Waals surface area (Å²) in [6, 6.07) is 8.87. The van der Waals surface area contributed by atoms with E-state index in [1.54, 1.807) is 35.1 Å². The highest BCUT2D eigenvalue weighted by Crippen LogP contribution is 2.29. The van der Waals surface area contributed by atoms with Crippen LogP contribution in [0.15, 0.2) is 42.7 Å². The topological polar surface area (TPSA) is 111 Å². The van der Waals surface area contributed by atoms with Crippen LogP contribution in [0.1, 0.15) is 19.3 Å². The summed E-state index contributed by atoms with van der Waals surface area (Å²) in [4.78, 5) is 23.8. The second-order valence-electron chi connectivity index (χ2n) is 6.28. The van der Waals surface area contributed by atoms with Crippen molar-refractivity contribution in [2.75, 3.05) is 25.0 Å². The molecule has 0 unspecified atom stereocenters. The summed E-state index contributed by atoms with van der Waals surface area (Å²) in [7, 11) is 0. The minimum Gasteiger partial charge on any atom is -0.493 e. The van der Waals surface area contributed by atoms with Crippen LogP contribution in [0.3, 0.4) is 0 Å². The summed E-state index contributed by atoms with van der Waals surface area (Å²) in [5, 5.41) is 10.6. The molecule has 2 heterocycles. The second-order valence-corrected chi connectivity index (χ2v) is 6.28. The van der Waals surface area contributed by atoms with E-state index in [1.807, 2.05) is 12.3 Å². The molecule has 2 aromatic rings. The van der Waals surface area contributed by atoms with Crippen LogP contribution in [0.2, 0.25) is 0 Å². The number of rotatable bonds is 7. The van der Waals surface area contributed by atoms with E-state index >= 15 is 0 Å². The Hall–Kier alpha value is -2.58. The van der Waals surface area contributed by atoms with Crippen LogP contribution in [-0.2, 0) is 15.1 Å². The Morgan fingerprint density at radius 3 is 2.56 bits per heavy atom. The zero-order chi connectivity index (χ0) is 18.4. The number of nitrogens with one attached hydrogen (secondary N) is 2. The maximum absolute atomic E-state index is 13.0. The molecule has 146 valence electrons. The Balaban J connectivity index is 0.00000261. The van der Waals surface area contributed by atoms with Gasteiger partial charge in [0.2, 0.25) is 5.91 Å². The number of halogens is 1. The number of ether oxygens (including phenoxy) is 1. The third kappa shape index (κ3) is 4.99. The number of hydrogen-bond donors (Lipinski definition) is 3. The predicted molar refractivity (Wildman–Crippen MR) is 104 cm³/mol. The molecule has 0 spiro atoms. The van der Waals surface area contributed by atoms with Crippen LogP contribution >= 0.6 is 12.4 Å². The third-order valence-corrected chi connectivity index (χ3v) is 4.53. The lowest BCUT2D eigenvalue weighted by Gasteiger charge is -2.36. The highest BCUT2D eigenvalue weighted by atomic mass is 35.5. The van der Waals surface area contributed by atoms with E-state index in [1.165, 1.54) is 0 Å². The van der Waals surface area contributed by atoms with Crippen LogP contribution in [0.25, 0.3) is 0 Å². The number of benzene rings is 1. The number of primary amides is 1. The van der Waals surface area contributed by atoms with Crippen molar-refractivity contribution in [3.63, 3.8) is 0 Å². The number of anilines is 1. The quantitative estimate of drug-likeness (QED) is 0.656. The molecule has 1 aromatic carbocycles. The van der Waals surface area contributed by atoms with E-state index in [9.17, 15) is 9.59 Å². The number of carbonyl (C=O) groups is 2. The summed E-state index contributed by atoms with van der Waals surface area (Å²) in [6.45, 7) is 1.76. The van der Waals surface area contributed by atoms with Crippen molar-refractivity contribution in [1.82, 2.24) is 15.1 Å². The van der Waals surface area contributed by atoms with E-state index in [2.05, 4.69) is 15.7 Å². The van der Waals surface area contributed by atoms with Gasteiger partial charge in [-0.2, -0.15) is 5.10 Å². The molecular formula is C18H24ClN5O3. The molecule has 1 aliphatic rings. The molecule has 0 radical (unpaired) electrons. The van der Waals surface area contributed by atoms with Gasteiger partial charge in [0, 0.05) is 18.1 Å². The molecule has 0 atom stereocenters. The van der Waals surface area contributed by atoms with Crippen molar-refractivity contribution < 1.29 is 14.3 Å². The number of nitrogens with two attached hydrogens (primary N) is 1. The summed E-state index contributed by atoms with van der Waals surface area (Å²) >= 11 is 0. The van der Waals surface area contributed by atoms with Crippen LogP contribution in [0, 0.1) is 0 Å². The van der Waals surface area contributed by atoms with Crippen LogP contribution in [0.5, 0.6) is 5.75 Å². The van der Waals surface area contributed by atoms with E-state index in [4.69, 9.17) is 10.5 Å². The van der Waals surface area contributed by atoms with Crippen molar-refractivity contribution in [1.29, 1.82) is 0 Å². The summed E-state index contributed by atoms with van der Waals surface area (Å²) in [5.74, 6) is 0.137. The molecule has 0 bridgehead atoms. The van der Waals surface area contributed by atoms with Gasteiger partial charge in [0.1, 0.15) is 11.3 Å². The summed E-state index contributed by atoms with van der Waals surface area (Å²) in [6.07, 6.45) is 5.04. The summed E-state index contributed by atoms with van der Waals surface area (Å²) in [5.41, 5.74) is 5.07. The minimum absolute atomic E-state index is 0. The molecule has 1 saturated heterocycles. The third-order valence-electron chi connectivity index (χ3n) is 4.53. The zero-order valence-corrected chi connectivity index (χ0v) is 15.7. The average Bonchev–Trinajstić information content (AvgIpc) is 3.18. The first kappa shape index (κ1) is 20.7. The summed E-state index contributed by atoms with van der Waals surface area (Å²) < 4.78 is 7.19. The van der Waals surface area contributed by atoms with Crippen molar-refractivity contribution in [2.24, 2.45) is 5.73 Å². The molecule has 9 heteroatoms. The monoisotopic (exact) mass is 393 g/mol. The molecule has 2 amide bonds. The first-order chi connectivity index (χ1) is 12.6. The van der Waals surface area contributed by atoms with Gasteiger partial charge in [-0.05, 0) is 56.3 Å². The van der Waals surface area contributed by atoms with E-state index in [0.717, 1.165) is 13.1 Å². The van der Waals surface area contributed by atoms with Crippen molar-refractivity contribution in [3.8, 4) is 5.75 Å². The normalized spacial score (nSPS) is 15.4. The molecule has 4 N–H and O–H groups in total. The standard InChI is InChI=1S/C18H23N5O3.ClH/c19-16(24)6-13-26-15-4-2-14(3-5-15)22-17(25)18(7-10-20-11-8-18)23-12-1-9-21-23;/h1-5,9,12,20H,6-8,10-11,13H2,(H2,19,24)(H,22,25);1H. The molecular weight excluding hydrogens is 370 g/mol. The van der Waals surface area contributed by atoms with Gasteiger partial charge in [-0.25, -0.2) is 0 Å². The van der Waals surface area contributed by atoms with Crippen LogP contribution in [0.4, 0.5) is 5.69 Å². The van der Waals surface area contributed by atoms with Gasteiger partial charge in [-0.3, -0.25) is 14.3 Å². The maximum atomic E-state index is 13.0. The number of aromatic nitrogens is 2. The minimum atomic E-state index is -0.689. The number of carbonyl (C=O) groups excluding carboxylic acids is 2. The highest BCUT2D eigenvalue weighted by molar-refractivity contribution is 5.96. The van der Waals surface area contributed by atoms with Gasteiger partial charge in [-0.1, -0.05) is 0 Å². The fourth-order valence-corrected chi connectivity index (χ4v) is 3.07. The van der Waals surface area contributed by atoms with Crippen molar-refractivity contribution in [2.45, 2.75) is 24.8 Å². The first-order valence-electron chi connectivity index (χ1n) is 8.64. The van der Waals surface area contributed by atoms with Crippen molar-refractivity contribution >= 4 is 29.9 Å². The molecule has 1 fully saturated rings. The number of amides is 2. The van der Waals surface area contributed by atoms with Gasteiger partial charge in [0.15, 0.2) is 0 Å². The predicted octanol–water partition coefficient (Wildman–Crippen LogP) is 1.28. The number of nitrogens with zero attached hydrogens (tertiary/aromatic N) is 2. The zero-order valence-electron chi connectivity index (χ0n) is 14.9. The smallest absolute Gasteiger partial charge is 0.252 e. The molecule has 27 heavy (non-hydrogen) atoms. The second kappa shape index (κ2) is 9.38. The first-order valence-corrected chi connectivity index (χ1v) is 8.64. The molecule has 1 aromatic heterocycles. The Kier molecular flexibility index (Phi) is 7.20. The Bertz CT molecular complexity index is 743. The van der Waals surface area contributed by atoms with Gasteiger partial charge in [-0.15, -0.1) is 12.4 Å². The lowest BCUT2D eigenvalue weighted by molar-refractivity contribution is -0.126. The Morgan fingerprint density at radius 1 is 1.26 bits per heavy atom. The van der Waals surface area contributed by atoms with Gasteiger partial charge < -0.3 is 21.1 Å². The molecule has 0 saturated carbocycles. The number of hydrogen-bond acceptors (Lipinski definition) is 5. The van der Waals surface area contributed by atoms with Crippen LogP contribution in [-0.4, -0.2) is 41.3 Å². The van der Waals surface area contributed by atoms with E-state index in [0.29, 0.717) is 24.3 Å². The molecule has 0 aliphatic carbocycles. The molecule has 1 aliphatic heterocycles. The highest BCUT2D eigenvalue weighted by Gasteiger charge is 2.42. The largest absolute Gasteiger partial charge is 0.493 e. The van der Waals surface area contributed by atoms with Crippen molar-refractivity contribution in [3.05, 3.63) is 42.7 Å². The van der Waals surface area contributed by atoms with Gasteiger partial charge in [0.25, 0.3) is 5.91 Å². The lowest BCUT2D eigenvalue weighted by Crippen LogP contribution is -2.52. The average molecular weight is 394 g/mol. The van der Waals surface area contributed by atoms with Gasteiger partial charge >= 0.3 is 0 Å². The number of piperidine rings is 1. The Labute approximate surface area is 163 Å². The SMILES string of the molecule is Cl.NC(=O)CCOc1ccc(NC(=O)C2(n3cccn3)CCNCC2)cc1. The Morgan fingerprint density at radius 2 is 1.96 bits per heavy atom. The van der Waals surface area contributed by atoms with Gasteiger partial charge in [0.05, 0.1) is 13.0 Å². The molecule has 8 nitrogen and oxygen atoms in total. The van der Waals surface area contributed by atoms with Crippen LogP contribution < -0.4 is 21.1 Å². The maximum Gasteiger partial charge on any atom is 0.252 e. The fourth-order valence-electron chi connectivity index (χ4n) is 3.07. The lowest BCUT2D eigenvalue weighted by atomic mass is 9.87. The fraction of sp³-hybridized carbons (Fsp3) is 0.389. The van der Waals surface area contributed by atoms with E-state index in [-0.39, 0.29) is 31.3 Å².